The van der Waals surface area contributed by atoms with E-state index in [0.29, 0.717) is 27.2 Å². The smallest absolute Gasteiger partial charge is 0.211 e. The molecule has 1 aromatic carbocycles. The molecule has 0 fully saturated rings. The van der Waals surface area contributed by atoms with E-state index in [1.54, 1.807) is 0 Å². The summed E-state index contributed by atoms with van der Waals surface area (Å²) in [6.07, 6.45) is 0.519. The molecule has 1 rings (SSSR count). The van der Waals surface area contributed by atoms with Crippen molar-refractivity contribution in [3.63, 3.8) is 0 Å². The topological polar surface area (TPSA) is 29.1 Å². The number of halogens is 3. The molecule has 0 bridgehead atoms. The summed E-state index contributed by atoms with van der Waals surface area (Å²) < 4.78 is 0. The Bertz CT molecular complexity index is 314. The van der Waals surface area contributed by atoms with Crippen LogP contribution in [0.15, 0.2) is 12.1 Å². The molecule has 64 valence electrons. The van der Waals surface area contributed by atoms with Crippen LogP contribution in [0.25, 0.3) is 0 Å². The third kappa shape index (κ3) is 2.03. The van der Waals surface area contributed by atoms with Crippen LogP contribution in [0.4, 0.5) is 5.69 Å². The van der Waals surface area contributed by atoms with Crippen LogP contribution in [-0.4, -0.2) is 6.41 Å². The highest BCUT2D eigenvalue weighted by Gasteiger charge is 2.04. The summed E-state index contributed by atoms with van der Waals surface area (Å²) in [6, 6.07) is 2.96. The Kier molecular flexibility index (Phi) is 3.20. The van der Waals surface area contributed by atoms with Gasteiger partial charge in [-0.2, -0.15) is 0 Å². The molecule has 0 aliphatic heterocycles. The van der Waals surface area contributed by atoms with E-state index in [4.69, 9.17) is 34.8 Å². The van der Waals surface area contributed by atoms with Gasteiger partial charge in [-0.15, -0.1) is 0 Å². The van der Waals surface area contributed by atoms with Gasteiger partial charge in [0, 0.05) is 0 Å². The van der Waals surface area contributed by atoms with Crippen molar-refractivity contribution in [2.24, 2.45) is 0 Å². The van der Waals surface area contributed by atoms with Crippen molar-refractivity contribution in [2.45, 2.75) is 0 Å². The normalized spacial score (nSPS) is 9.58. The van der Waals surface area contributed by atoms with Gasteiger partial charge in [-0.3, -0.25) is 4.79 Å². The van der Waals surface area contributed by atoms with Gasteiger partial charge in [0.25, 0.3) is 0 Å². The van der Waals surface area contributed by atoms with Gasteiger partial charge in [0.2, 0.25) is 6.41 Å². The predicted molar refractivity (Wildman–Crippen MR) is 51.2 cm³/mol. The number of hydrogen-bond donors (Lipinski definition) is 1. The molecular weight excluding hydrogens is 220 g/mol. The summed E-state index contributed by atoms with van der Waals surface area (Å²) in [7, 11) is 0. The number of rotatable bonds is 2. The lowest BCUT2D eigenvalue weighted by atomic mass is 10.3. The largest absolute Gasteiger partial charge is 0.327 e. The van der Waals surface area contributed by atoms with Crippen LogP contribution in [0.5, 0.6) is 0 Å². The molecule has 12 heavy (non-hydrogen) atoms. The molecule has 0 spiro atoms. The minimum absolute atomic E-state index is 0.352. The first-order valence-corrected chi connectivity index (χ1v) is 4.13. The standard InChI is InChI=1S/C7H4Cl3NO/c8-4-1-6(10)7(11-3-12)2-5(4)9/h1-3H,(H,11,12). The summed E-state index contributed by atoms with van der Waals surface area (Å²) in [6.45, 7) is 0. The molecule has 0 atom stereocenters. The third-order valence-corrected chi connectivity index (χ3v) is 2.26. The van der Waals surface area contributed by atoms with E-state index >= 15 is 0 Å². The molecule has 0 saturated heterocycles. The minimum atomic E-state index is 0.352. The molecule has 2 nitrogen and oxygen atoms in total. The first-order chi connectivity index (χ1) is 5.65. The van der Waals surface area contributed by atoms with E-state index in [-0.39, 0.29) is 0 Å². The van der Waals surface area contributed by atoms with E-state index in [2.05, 4.69) is 5.32 Å². The van der Waals surface area contributed by atoms with E-state index < -0.39 is 0 Å². The van der Waals surface area contributed by atoms with Crippen LogP contribution in [0.3, 0.4) is 0 Å². The third-order valence-electron chi connectivity index (χ3n) is 1.22. The minimum Gasteiger partial charge on any atom is -0.327 e. The first kappa shape index (κ1) is 9.65. The SMILES string of the molecule is O=CNc1cc(Cl)c(Cl)cc1Cl. The number of hydrogen-bond acceptors (Lipinski definition) is 1. The molecule has 0 unspecified atom stereocenters. The zero-order chi connectivity index (χ0) is 9.14. The summed E-state index contributed by atoms with van der Waals surface area (Å²) in [4.78, 5) is 10.1. The Morgan fingerprint density at radius 1 is 1.08 bits per heavy atom. The number of anilines is 1. The van der Waals surface area contributed by atoms with Crippen LogP contribution in [0, 0.1) is 0 Å². The molecule has 0 saturated carbocycles. The number of carbonyl (C=O) groups excluding carboxylic acids is 1. The van der Waals surface area contributed by atoms with Crippen LogP contribution in [0.1, 0.15) is 0 Å². The fraction of sp³-hybridized carbons (Fsp3) is 0. The summed E-state index contributed by atoms with van der Waals surface area (Å²) in [5, 5.41) is 3.46. The van der Waals surface area contributed by atoms with Crippen molar-refractivity contribution in [1.82, 2.24) is 0 Å². The molecule has 0 aliphatic rings. The van der Waals surface area contributed by atoms with Gasteiger partial charge in [0.05, 0.1) is 20.8 Å². The Morgan fingerprint density at radius 2 is 1.67 bits per heavy atom. The zero-order valence-corrected chi connectivity index (χ0v) is 8.04. The van der Waals surface area contributed by atoms with E-state index in [0.717, 1.165) is 0 Å². The Labute approximate surface area is 84.4 Å². The summed E-state index contributed by atoms with van der Waals surface area (Å²) >= 11 is 17.0. The Hall–Kier alpha value is -0.440. The van der Waals surface area contributed by atoms with Crippen LogP contribution in [0.2, 0.25) is 15.1 Å². The van der Waals surface area contributed by atoms with Crippen LogP contribution in [-0.2, 0) is 4.79 Å². The predicted octanol–water partition coefficient (Wildman–Crippen LogP) is 3.22. The second kappa shape index (κ2) is 3.99. The molecule has 1 aromatic rings. The quantitative estimate of drug-likeness (QED) is 0.606. The molecule has 0 aromatic heterocycles. The maximum absolute atomic E-state index is 10.1. The van der Waals surface area contributed by atoms with Gasteiger partial charge in [-0.05, 0) is 12.1 Å². The zero-order valence-electron chi connectivity index (χ0n) is 5.77. The lowest BCUT2D eigenvalue weighted by Crippen LogP contribution is -1.94. The van der Waals surface area contributed by atoms with Gasteiger partial charge in [0.1, 0.15) is 0 Å². The lowest BCUT2D eigenvalue weighted by molar-refractivity contribution is -0.105. The van der Waals surface area contributed by atoms with Gasteiger partial charge in [0.15, 0.2) is 0 Å². The molecule has 0 aliphatic carbocycles. The maximum atomic E-state index is 10.1. The molecule has 0 radical (unpaired) electrons. The highest BCUT2D eigenvalue weighted by Crippen LogP contribution is 2.31. The molecule has 1 N–H and O–H groups in total. The van der Waals surface area contributed by atoms with E-state index in [1.807, 2.05) is 0 Å². The van der Waals surface area contributed by atoms with Crippen LogP contribution >= 0.6 is 34.8 Å². The average molecular weight is 224 g/mol. The maximum Gasteiger partial charge on any atom is 0.211 e. The Balaban J connectivity index is 3.13. The van der Waals surface area contributed by atoms with E-state index in [9.17, 15) is 4.79 Å². The molecule has 0 heterocycles. The van der Waals surface area contributed by atoms with E-state index in [1.165, 1.54) is 12.1 Å². The van der Waals surface area contributed by atoms with Gasteiger partial charge < -0.3 is 5.32 Å². The molecular formula is C7H4Cl3NO. The van der Waals surface area contributed by atoms with Gasteiger partial charge in [-0.1, -0.05) is 34.8 Å². The number of carbonyl (C=O) groups is 1. The molecule has 1 amide bonds. The van der Waals surface area contributed by atoms with Crippen molar-refractivity contribution >= 4 is 46.9 Å². The fourth-order valence-corrected chi connectivity index (χ4v) is 1.30. The summed E-state index contributed by atoms with van der Waals surface area (Å²) in [5.74, 6) is 0. The fourth-order valence-electron chi connectivity index (χ4n) is 0.697. The first-order valence-electron chi connectivity index (χ1n) is 3.00. The van der Waals surface area contributed by atoms with Crippen molar-refractivity contribution in [3.05, 3.63) is 27.2 Å². The number of amides is 1. The van der Waals surface area contributed by atoms with Gasteiger partial charge >= 0.3 is 0 Å². The number of benzene rings is 1. The average Bonchev–Trinajstić information content (AvgIpc) is 2.01. The lowest BCUT2D eigenvalue weighted by Gasteiger charge is -2.03. The van der Waals surface area contributed by atoms with Crippen molar-refractivity contribution < 1.29 is 4.79 Å². The number of nitrogens with one attached hydrogen (secondary N) is 1. The highest BCUT2D eigenvalue weighted by atomic mass is 35.5. The van der Waals surface area contributed by atoms with Crippen molar-refractivity contribution in [2.75, 3.05) is 5.32 Å². The van der Waals surface area contributed by atoms with Crippen molar-refractivity contribution in [3.8, 4) is 0 Å². The second-order valence-corrected chi connectivity index (χ2v) is 3.23. The summed E-state index contributed by atoms with van der Waals surface area (Å²) in [5.41, 5.74) is 0.445. The monoisotopic (exact) mass is 223 g/mol. The van der Waals surface area contributed by atoms with Crippen LogP contribution < -0.4 is 5.32 Å². The van der Waals surface area contributed by atoms with Crippen molar-refractivity contribution in [1.29, 1.82) is 0 Å². The van der Waals surface area contributed by atoms with Gasteiger partial charge in [-0.25, -0.2) is 0 Å². The Morgan fingerprint density at radius 3 is 2.25 bits per heavy atom. The second-order valence-electron chi connectivity index (χ2n) is 2.01. The highest BCUT2D eigenvalue weighted by molar-refractivity contribution is 6.44. The molecule has 5 heteroatoms.